The van der Waals surface area contributed by atoms with Crippen LogP contribution >= 0.6 is 0 Å². The maximum atomic E-state index is 13.7. The first kappa shape index (κ1) is 30.4. The van der Waals surface area contributed by atoms with Gasteiger partial charge in [0.05, 0.1) is 12.5 Å². The van der Waals surface area contributed by atoms with E-state index >= 15 is 0 Å². The largest absolute Gasteiger partial charge is 0.481 e. The van der Waals surface area contributed by atoms with Crippen molar-refractivity contribution in [2.45, 2.75) is 63.8 Å². The van der Waals surface area contributed by atoms with Crippen molar-refractivity contribution < 1.29 is 36.2 Å². The summed E-state index contributed by atoms with van der Waals surface area (Å²) in [5.74, 6) is -4.06. The van der Waals surface area contributed by atoms with Crippen molar-refractivity contribution in [2.75, 3.05) is 6.54 Å². The predicted molar refractivity (Wildman–Crippen MR) is 149 cm³/mol. The Balaban J connectivity index is 1.60. The summed E-state index contributed by atoms with van der Waals surface area (Å²) in [6.45, 7) is 8.44. The number of aromatic nitrogens is 4. The van der Waals surface area contributed by atoms with Crippen LogP contribution in [0, 0.1) is 19.8 Å². The number of halogens is 3. The van der Waals surface area contributed by atoms with Crippen molar-refractivity contribution in [3.8, 4) is 5.88 Å². The second-order valence-electron chi connectivity index (χ2n) is 11.3. The lowest BCUT2D eigenvalue weighted by atomic mass is 9.79. The van der Waals surface area contributed by atoms with E-state index in [1.165, 1.54) is 41.8 Å². The number of ether oxygens (including phenoxy) is 1. The van der Waals surface area contributed by atoms with Gasteiger partial charge in [-0.3, -0.25) is 9.20 Å². The van der Waals surface area contributed by atoms with Crippen LogP contribution in [0.1, 0.15) is 60.3 Å². The van der Waals surface area contributed by atoms with Gasteiger partial charge in [0.25, 0.3) is 0 Å². The van der Waals surface area contributed by atoms with Crippen LogP contribution in [-0.4, -0.2) is 55.5 Å². The molecule has 0 radical (unpaired) electrons. The number of hydrogen-bond donors (Lipinski definition) is 1. The molecule has 0 spiro atoms. The highest BCUT2D eigenvalue weighted by Crippen LogP contribution is 2.39. The summed E-state index contributed by atoms with van der Waals surface area (Å²) in [5.41, 5.74) is 1.84. The van der Waals surface area contributed by atoms with Gasteiger partial charge in [-0.1, -0.05) is 25.1 Å². The van der Waals surface area contributed by atoms with E-state index in [4.69, 9.17) is 4.74 Å². The van der Waals surface area contributed by atoms with Gasteiger partial charge in [-0.25, -0.2) is 13.4 Å². The van der Waals surface area contributed by atoms with E-state index in [0.29, 0.717) is 22.3 Å². The van der Waals surface area contributed by atoms with E-state index in [1.54, 1.807) is 39.0 Å². The molecule has 1 aliphatic heterocycles. The molecular formula is C29H30F3N5O5S. The minimum absolute atomic E-state index is 0.0175. The quantitative estimate of drug-likeness (QED) is 0.321. The molecule has 0 saturated heterocycles. The average Bonchev–Trinajstić information content (AvgIpc) is 3.34. The van der Waals surface area contributed by atoms with Crippen LogP contribution in [0.25, 0.3) is 5.65 Å². The normalized spacial score (nSPS) is 18.0. The fourth-order valence-electron chi connectivity index (χ4n) is 5.49. The number of aryl methyl sites for hydroxylation is 2. The zero-order valence-electron chi connectivity index (χ0n) is 24.0. The van der Waals surface area contributed by atoms with E-state index in [2.05, 4.69) is 15.2 Å². The number of carbonyl (C=O) groups is 1. The zero-order valence-corrected chi connectivity index (χ0v) is 24.9. The third kappa shape index (κ3) is 5.56. The van der Waals surface area contributed by atoms with Crippen molar-refractivity contribution in [1.82, 2.24) is 23.9 Å². The summed E-state index contributed by atoms with van der Waals surface area (Å²) < 4.78 is 76.0. The number of pyridine rings is 2. The van der Waals surface area contributed by atoms with Gasteiger partial charge in [0.1, 0.15) is 10.5 Å². The number of carboxylic acids is 1. The van der Waals surface area contributed by atoms with Gasteiger partial charge in [-0.05, 0) is 73.7 Å². The number of sulfonamides is 1. The Morgan fingerprint density at radius 1 is 1.16 bits per heavy atom. The monoisotopic (exact) mass is 617 g/mol. The minimum Gasteiger partial charge on any atom is -0.481 e. The summed E-state index contributed by atoms with van der Waals surface area (Å²) >= 11 is 0. The highest BCUT2D eigenvalue weighted by molar-refractivity contribution is 7.89. The van der Waals surface area contributed by atoms with Gasteiger partial charge in [0.15, 0.2) is 5.65 Å². The van der Waals surface area contributed by atoms with Crippen LogP contribution in [0.3, 0.4) is 0 Å². The lowest BCUT2D eigenvalue weighted by molar-refractivity contribution is -0.145. The standard InChI is InChI=1S/C29H30F3N5O5S/c1-16-8-9-19(13-20(16)14-36-15-28(4,5)42-25-22(43(36,40)41)7-6-11-33-25)23(18(3)26(38)39)21-10-12-37-24(17(21)2)34-35-27(37)29(30,31)32/h6-13,18,23H,14-15H2,1-5H3,(H,38,39). The van der Waals surface area contributed by atoms with Crippen LogP contribution < -0.4 is 4.74 Å². The maximum Gasteiger partial charge on any atom is 0.452 e. The molecule has 14 heteroatoms. The molecule has 1 N–H and O–H groups in total. The lowest BCUT2D eigenvalue weighted by Gasteiger charge is -2.29. The van der Waals surface area contributed by atoms with Gasteiger partial charge in [-0.15, -0.1) is 10.2 Å². The van der Waals surface area contributed by atoms with Gasteiger partial charge >= 0.3 is 12.1 Å². The first-order valence-electron chi connectivity index (χ1n) is 13.4. The molecule has 4 aromatic rings. The average molecular weight is 618 g/mol. The van der Waals surface area contributed by atoms with Crippen molar-refractivity contribution >= 4 is 21.6 Å². The Hall–Kier alpha value is -4.04. The van der Waals surface area contributed by atoms with Gasteiger partial charge in [-0.2, -0.15) is 17.5 Å². The third-order valence-corrected chi connectivity index (χ3v) is 9.51. The molecule has 3 aromatic heterocycles. The van der Waals surface area contributed by atoms with Crippen LogP contribution in [0.15, 0.2) is 53.7 Å². The number of nitrogens with zero attached hydrogens (tertiary/aromatic N) is 5. The van der Waals surface area contributed by atoms with Crippen molar-refractivity contribution in [1.29, 1.82) is 0 Å². The fourth-order valence-corrected chi connectivity index (χ4v) is 7.12. The number of hydrogen-bond acceptors (Lipinski definition) is 7. The van der Waals surface area contributed by atoms with E-state index in [0.717, 1.165) is 9.96 Å². The first-order valence-corrected chi connectivity index (χ1v) is 14.8. The number of fused-ring (bicyclic) bond motifs is 2. The first-order chi connectivity index (χ1) is 20.0. The molecule has 1 aliphatic rings. The molecule has 2 atom stereocenters. The highest BCUT2D eigenvalue weighted by Gasteiger charge is 2.40. The Labute approximate surface area is 246 Å². The fraction of sp³-hybridized carbons (Fsp3) is 0.379. The van der Waals surface area contributed by atoms with Gasteiger partial charge < -0.3 is 9.84 Å². The zero-order chi connectivity index (χ0) is 31.5. The van der Waals surface area contributed by atoms with E-state index in [1.807, 2.05) is 6.92 Å². The maximum absolute atomic E-state index is 13.7. The van der Waals surface area contributed by atoms with Crippen LogP contribution in [0.2, 0.25) is 0 Å². The second kappa shape index (κ2) is 10.6. The van der Waals surface area contributed by atoms with Crippen LogP contribution in [-0.2, 0) is 27.5 Å². The highest BCUT2D eigenvalue weighted by atomic mass is 32.2. The Morgan fingerprint density at radius 2 is 1.88 bits per heavy atom. The minimum atomic E-state index is -4.73. The topological polar surface area (TPSA) is 127 Å². The molecule has 4 heterocycles. The van der Waals surface area contributed by atoms with E-state index in [-0.39, 0.29) is 29.5 Å². The van der Waals surface area contributed by atoms with Crippen molar-refractivity contribution in [2.24, 2.45) is 5.92 Å². The van der Waals surface area contributed by atoms with Crippen LogP contribution in [0.4, 0.5) is 13.2 Å². The molecule has 0 aliphatic carbocycles. The van der Waals surface area contributed by atoms with Crippen LogP contribution in [0.5, 0.6) is 5.88 Å². The SMILES string of the molecule is Cc1ccc(C(c2ccn3c(C(F)(F)F)nnc3c2C)C(C)C(=O)O)cc1CN1CC(C)(C)Oc2ncccc2S1(=O)=O. The van der Waals surface area contributed by atoms with Gasteiger partial charge in [0.2, 0.25) is 21.7 Å². The Kier molecular flexibility index (Phi) is 7.49. The number of alkyl halides is 3. The number of benzene rings is 1. The number of carboxylic acid groups (broad SMARTS) is 1. The molecule has 10 nitrogen and oxygen atoms in total. The summed E-state index contributed by atoms with van der Waals surface area (Å²) in [5, 5.41) is 17.1. The van der Waals surface area contributed by atoms with Crippen molar-refractivity contribution in [3.05, 3.63) is 82.4 Å². The molecule has 43 heavy (non-hydrogen) atoms. The summed E-state index contributed by atoms with van der Waals surface area (Å²) in [4.78, 5) is 16.4. The molecule has 0 amide bonds. The summed E-state index contributed by atoms with van der Waals surface area (Å²) in [6, 6.07) is 9.70. The molecule has 228 valence electrons. The summed E-state index contributed by atoms with van der Waals surface area (Å²) in [7, 11) is -4.02. The Bertz CT molecular complexity index is 1840. The molecule has 2 unspecified atom stereocenters. The molecule has 0 bridgehead atoms. The molecule has 5 rings (SSSR count). The number of aliphatic carboxylic acids is 1. The predicted octanol–water partition coefficient (Wildman–Crippen LogP) is 4.97. The number of rotatable bonds is 6. The molecule has 0 fully saturated rings. The van der Waals surface area contributed by atoms with E-state index < -0.39 is 45.4 Å². The Morgan fingerprint density at radius 3 is 2.56 bits per heavy atom. The smallest absolute Gasteiger partial charge is 0.452 e. The van der Waals surface area contributed by atoms with Crippen molar-refractivity contribution in [3.63, 3.8) is 0 Å². The summed E-state index contributed by atoms with van der Waals surface area (Å²) in [6.07, 6.45) is -2.08. The third-order valence-electron chi connectivity index (χ3n) is 7.71. The molecule has 0 saturated carbocycles. The molecular weight excluding hydrogens is 587 g/mol. The second-order valence-corrected chi connectivity index (χ2v) is 13.2. The lowest BCUT2D eigenvalue weighted by Crippen LogP contribution is -2.42. The van der Waals surface area contributed by atoms with E-state index in [9.17, 15) is 31.5 Å². The van der Waals surface area contributed by atoms with Gasteiger partial charge in [0, 0.05) is 24.9 Å². The molecule has 1 aromatic carbocycles.